The molecular formula is C19H29NS. The molecule has 1 aromatic rings. The van der Waals surface area contributed by atoms with Crippen LogP contribution in [0.1, 0.15) is 57.9 Å². The lowest BCUT2D eigenvalue weighted by atomic mass is 9.43. The first-order valence-corrected chi connectivity index (χ1v) is 9.80. The van der Waals surface area contributed by atoms with Crippen molar-refractivity contribution in [1.29, 1.82) is 0 Å². The minimum absolute atomic E-state index is 0.594. The SMILES string of the molecule is CCNC(Cc1ccsc1)C12CC3CC(CC(C)(C3)C1)C2. The Morgan fingerprint density at radius 3 is 2.62 bits per heavy atom. The van der Waals surface area contributed by atoms with Gasteiger partial charge in [0.2, 0.25) is 0 Å². The first-order chi connectivity index (χ1) is 10.1. The van der Waals surface area contributed by atoms with Gasteiger partial charge in [-0.2, -0.15) is 11.3 Å². The second kappa shape index (κ2) is 5.09. The smallest absolute Gasteiger partial charge is 0.0164 e. The molecule has 0 saturated heterocycles. The van der Waals surface area contributed by atoms with Crippen LogP contribution >= 0.6 is 11.3 Å². The van der Waals surface area contributed by atoms with Gasteiger partial charge in [-0.25, -0.2) is 0 Å². The highest BCUT2D eigenvalue weighted by atomic mass is 32.1. The van der Waals surface area contributed by atoms with Crippen LogP contribution in [0.4, 0.5) is 0 Å². The van der Waals surface area contributed by atoms with Crippen LogP contribution in [-0.2, 0) is 6.42 Å². The molecule has 21 heavy (non-hydrogen) atoms. The van der Waals surface area contributed by atoms with Crippen molar-refractivity contribution in [2.75, 3.05) is 6.54 Å². The van der Waals surface area contributed by atoms with Gasteiger partial charge in [0.15, 0.2) is 0 Å². The van der Waals surface area contributed by atoms with Gasteiger partial charge in [-0.3, -0.25) is 0 Å². The van der Waals surface area contributed by atoms with Crippen molar-refractivity contribution in [2.24, 2.45) is 22.7 Å². The molecule has 3 unspecified atom stereocenters. The lowest BCUT2D eigenvalue weighted by Gasteiger charge is -2.63. The van der Waals surface area contributed by atoms with Gasteiger partial charge in [-0.05, 0) is 96.5 Å². The van der Waals surface area contributed by atoms with E-state index in [4.69, 9.17) is 0 Å². The van der Waals surface area contributed by atoms with Crippen molar-refractivity contribution >= 4 is 11.3 Å². The van der Waals surface area contributed by atoms with Crippen LogP contribution in [-0.4, -0.2) is 12.6 Å². The molecule has 5 rings (SSSR count). The summed E-state index contributed by atoms with van der Waals surface area (Å²) in [7, 11) is 0. The van der Waals surface area contributed by atoms with E-state index in [1.165, 1.54) is 44.9 Å². The monoisotopic (exact) mass is 303 g/mol. The van der Waals surface area contributed by atoms with Crippen molar-refractivity contribution in [3.63, 3.8) is 0 Å². The molecular weight excluding hydrogens is 274 g/mol. The minimum Gasteiger partial charge on any atom is -0.313 e. The number of nitrogens with one attached hydrogen (secondary N) is 1. The largest absolute Gasteiger partial charge is 0.313 e. The van der Waals surface area contributed by atoms with Crippen molar-refractivity contribution in [1.82, 2.24) is 5.32 Å². The summed E-state index contributed by atoms with van der Waals surface area (Å²) in [5.74, 6) is 2.06. The number of likely N-dealkylation sites (N-methyl/N-ethyl adjacent to an activating group) is 1. The Morgan fingerprint density at radius 2 is 2.05 bits per heavy atom. The molecule has 4 aliphatic carbocycles. The minimum atomic E-state index is 0.594. The third-order valence-electron chi connectivity index (χ3n) is 6.61. The van der Waals surface area contributed by atoms with Gasteiger partial charge >= 0.3 is 0 Å². The van der Waals surface area contributed by atoms with Crippen LogP contribution in [0, 0.1) is 22.7 Å². The van der Waals surface area contributed by atoms with Crippen LogP contribution < -0.4 is 5.32 Å². The molecule has 2 heteroatoms. The predicted octanol–water partition coefficient (Wildman–Crippen LogP) is 4.88. The molecule has 0 radical (unpaired) electrons. The Kier molecular flexibility index (Phi) is 3.46. The zero-order valence-corrected chi connectivity index (χ0v) is 14.3. The van der Waals surface area contributed by atoms with Gasteiger partial charge in [0, 0.05) is 6.04 Å². The Hall–Kier alpha value is -0.340. The highest BCUT2D eigenvalue weighted by molar-refractivity contribution is 7.07. The summed E-state index contributed by atoms with van der Waals surface area (Å²) in [5.41, 5.74) is 2.80. The standard InChI is InChI=1S/C19H29NS/c1-3-20-17(7-14-4-5-21-12-14)19-10-15-6-16(11-19)9-18(2,8-15)13-19/h4-5,12,15-17,20H,3,6-11,13H2,1-2H3. The molecule has 0 aliphatic heterocycles. The molecule has 1 heterocycles. The molecule has 1 aromatic heterocycles. The molecule has 4 aliphatic rings. The quantitative estimate of drug-likeness (QED) is 0.818. The van der Waals surface area contributed by atoms with Crippen LogP contribution in [0.15, 0.2) is 16.8 Å². The predicted molar refractivity (Wildman–Crippen MR) is 90.7 cm³/mol. The highest BCUT2D eigenvalue weighted by Gasteiger charge is 2.57. The van der Waals surface area contributed by atoms with E-state index in [-0.39, 0.29) is 0 Å². The van der Waals surface area contributed by atoms with E-state index in [1.54, 1.807) is 5.56 Å². The maximum Gasteiger partial charge on any atom is 0.0164 e. The van der Waals surface area contributed by atoms with Gasteiger partial charge < -0.3 is 5.32 Å². The molecule has 116 valence electrons. The van der Waals surface area contributed by atoms with Crippen LogP contribution in [0.25, 0.3) is 0 Å². The van der Waals surface area contributed by atoms with Crippen LogP contribution in [0.2, 0.25) is 0 Å². The van der Waals surface area contributed by atoms with Gasteiger partial charge in [0.05, 0.1) is 0 Å². The summed E-state index contributed by atoms with van der Waals surface area (Å²) in [4.78, 5) is 0. The van der Waals surface area contributed by atoms with Crippen LogP contribution in [0.5, 0.6) is 0 Å². The van der Waals surface area contributed by atoms with Crippen LogP contribution in [0.3, 0.4) is 0 Å². The second-order valence-corrected chi connectivity index (χ2v) is 9.36. The number of rotatable bonds is 5. The van der Waals surface area contributed by atoms with Crippen molar-refractivity contribution in [3.8, 4) is 0 Å². The first-order valence-electron chi connectivity index (χ1n) is 8.85. The van der Waals surface area contributed by atoms with Gasteiger partial charge in [0.25, 0.3) is 0 Å². The van der Waals surface area contributed by atoms with Crippen molar-refractivity contribution < 1.29 is 0 Å². The summed E-state index contributed by atoms with van der Waals surface area (Å²) < 4.78 is 0. The maximum atomic E-state index is 3.90. The fourth-order valence-corrected chi connectivity index (χ4v) is 7.28. The zero-order chi connectivity index (χ0) is 14.5. The van der Waals surface area contributed by atoms with Crippen molar-refractivity contribution in [2.45, 2.75) is 64.8 Å². The highest BCUT2D eigenvalue weighted by Crippen LogP contribution is 2.66. The van der Waals surface area contributed by atoms with Crippen molar-refractivity contribution in [3.05, 3.63) is 22.4 Å². The molecule has 1 N–H and O–H groups in total. The van der Waals surface area contributed by atoms with E-state index >= 15 is 0 Å². The number of hydrogen-bond acceptors (Lipinski definition) is 2. The Balaban J connectivity index is 1.62. The third-order valence-corrected chi connectivity index (χ3v) is 7.34. The second-order valence-electron chi connectivity index (χ2n) is 8.58. The Morgan fingerprint density at radius 1 is 1.29 bits per heavy atom. The fourth-order valence-electron chi connectivity index (χ4n) is 6.60. The molecule has 4 bridgehead atoms. The van der Waals surface area contributed by atoms with E-state index in [9.17, 15) is 0 Å². The summed E-state index contributed by atoms with van der Waals surface area (Å²) >= 11 is 1.85. The summed E-state index contributed by atoms with van der Waals surface area (Å²) in [6, 6.07) is 3.03. The number of hydrogen-bond donors (Lipinski definition) is 1. The van der Waals surface area contributed by atoms with E-state index in [0.717, 1.165) is 18.4 Å². The molecule has 4 fully saturated rings. The van der Waals surface area contributed by atoms with E-state index in [1.807, 2.05) is 11.3 Å². The van der Waals surface area contributed by atoms with E-state index in [0.29, 0.717) is 16.9 Å². The lowest BCUT2D eigenvalue weighted by molar-refractivity contribution is -0.117. The van der Waals surface area contributed by atoms with Gasteiger partial charge in [-0.1, -0.05) is 13.8 Å². The fraction of sp³-hybridized carbons (Fsp3) is 0.789. The molecule has 0 aromatic carbocycles. The maximum absolute atomic E-state index is 3.90. The van der Waals surface area contributed by atoms with E-state index < -0.39 is 0 Å². The average Bonchev–Trinajstić information content (AvgIpc) is 2.88. The lowest BCUT2D eigenvalue weighted by Crippen LogP contribution is -2.59. The molecule has 3 atom stereocenters. The summed E-state index contributed by atoms with van der Waals surface area (Å²) in [6.07, 6.45) is 10.3. The molecule has 4 saturated carbocycles. The normalized spacial score (nSPS) is 42.4. The summed E-state index contributed by atoms with van der Waals surface area (Å²) in [6.45, 7) is 5.98. The van der Waals surface area contributed by atoms with Gasteiger partial charge in [0.1, 0.15) is 0 Å². The summed E-state index contributed by atoms with van der Waals surface area (Å²) in [5, 5.41) is 8.49. The Bertz CT molecular complexity index is 478. The zero-order valence-electron chi connectivity index (χ0n) is 13.5. The molecule has 0 spiro atoms. The van der Waals surface area contributed by atoms with Gasteiger partial charge in [-0.15, -0.1) is 0 Å². The molecule has 1 nitrogen and oxygen atoms in total. The first kappa shape index (κ1) is 14.3. The Labute approximate surface area is 133 Å². The average molecular weight is 304 g/mol. The number of thiophene rings is 1. The molecule has 0 amide bonds. The van der Waals surface area contributed by atoms with E-state index in [2.05, 4.69) is 36.0 Å². The third kappa shape index (κ3) is 2.49. The topological polar surface area (TPSA) is 12.0 Å².